The van der Waals surface area contributed by atoms with Crippen molar-refractivity contribution in [3.8, 4) is 0 Å². The summed E-state index contributed by atoms with van der Waals surface area (Å²) in [5.41, 5.74) is 0. The van der Waals surface area contributed by atoms with Gasteiger partial charge in [-0.15, -0.1) is 0 Å². The molecule has 4 heteroatoms. The summed E-state index contributed by atoms with van der Waals surface area (Å²) in [4.78, 5) is 21.7. The zero-order chi connectivity index (χ0) is 7.72. The molecule has 1 rings (SSSR count). The van der Waals surface area contributed by atoms with Crippen molar-refractivity contribution < 1.29 is 9.59 Å². The zero-order valence-electron chi connectivity index (χ0n) is 4.73. The van der Waals surface area contributed by atoms with Gasteiger partial charge in [-0.05, 0) is 45.2 Å². The Hall–Kier alpha value is 0.280. The number of allylic oxidation sites excluding steroid dienone is 4. The summed E-state index contributed by atoms with van der Waals surface area (Å²) in [5.74, 6) is -0.158. The number of halogens is 2. The van der Waals surface area contributed by atoms with Crippen LogP contribution < -0.4 is 0 Å². The monoisotopic (exact) mass is 360 g/mol. The Morgan fingerprint density at radius 2 is 1.20 bits per heavy atom. The maximum atomic E-state index is 10.8. The highest BCUT2D eigenvalue weighted by Crippen LogP contribution is 2.20. The van der Waals surface area contributed by atoms with E-state index in [0.717, 1.165) is 0 Å². The van der Waals surface area contributed by atoms with Crippen molar-refractivity contribution in [3.63, 3.8) is 0 Å². The summed E-state index contributed by atoms with van der Waals surface area (Å²) < 4.78 is 0.978. The third-order valence-corrected chi connectivity index (χ3v) is 2.67. The van der Waals surface area contributed by atoms with Crippen LogP contribution in [0.15, 0.2) is 19.3 Å². The maximum Gasteiger partial charge on any atom is 0.193 e. The Morgan fingerprint density at radius 3 is 1.50 bits per heavy atom. The van der Waals surface area contributed by atoms with Crippen LogP contribution in [0.1, 0.15) is 0 Å². The van der Waals surface area contributed by atoms with Crippen molar-refractivity contribution in [3.05, 3.63) is 19.3 Å². The normalized spacial score (nSPS) is 18.6. The molecule has 0 fully saturated rings. The van der Waals surface area contributed by atoms with Crippen molar-refractivity contribution in [2.24, 2.45) is 0 Å². The average molecular weight is 360 g/mol. The molecule has 0 saturated heterocycles. The maximum absolute atomic E-state index is 10.8. The Morgan fingerprint density at radius 1 is 0.900 bits per heavy atom. The topological polar surface area (TPSA) is 34.1 Å². The third-order valence-electron chi connectivity index (χ3n) is 0.986. The van der Waals surface area contributed by atoms with Crippen LogP contribution in [-0.2, 0) is 9.59 Å². The van der Waals surface area contributed by atoms with E-state index in [1.54, 1.807) is 0 Å². The van der Waals surface area contributed by atoms with Crippen molar-refractivity contribution in [1.82, 2.24) is 0 Å². The molecule has 0 atom stereocenters. The fourth-order valence-electron chi connectivity index (χ4n) is 0.510. The zero-order valence-corrected chi connectivity index (χ0v) is 9.04. The van der Waals surface area contributed by atoms with Gasteiger partial charge in [0.2, 0.25) is 0 Å². The second-order valence-electron chi connectivity index (χ2n) is 1.71. The first-order chi connectivity index (χ1) is 4.61. The van der Waals surface area contributed by atoms with E-state index in [2.05, 4.69) is 0 Å². The second kappa shape index (κ2) is 3.12. The predicted octanol–water partition coefficient (Wildman–Crippen LogP) is 1.78. The number of hydrogen-bond donors (Lipinski definition) is 0. The summed E-state index contributed by atoms with van der Waals surface area (Å²) in [6, 6.07) is 0. The SMILES string of the molecule is O=C1C=C(I)C(=O)C=C1I. The van der Waals surface area contributed by atoms with Crippen LogP contribution in [0.4, 0.5) is 0 Å². The molecule has 0 bridgehead atoms. The van der Waals surface area contributed by atoms with E-state index in [4.69, 9.17) is 0 Å². The van der Waals surface area contributed by atoms with Crippen molar-refractivity contribution >= 4 is 56.7 Å². The molecule has 0 aromatic rings. The lowest BCUT2D eigenvalue weighted by Gasteiger charge is -2.00. The minimum atomic E-state index is -0.0791. The highest BCUT2D eigenvalue weighted by molar-refractivity contribution is 14.1. The van der Waals surface area contributed by atoms with Gasteiger partial charge in [0.05, 0.1) is 7.16 Å². The molecule has 0 unspecified atom stereocenters. The van der Waals surface area contributed by atoms with Gasteiger partial charge < -0.3 is 0 Å². The van der Waals surface area contributed by atoms with Gasteiger partial charge in [-0.1, -0.05) is 0 Å². The Kier molecular flexibility index (Phi) is 2.61. The van der Waals surface area contributed by atoms with E-state index >= 15 is 0 Å². The molecule has 1 aliphatic rings. The average Bonchev–Trinajstić information content (AvgIpc) is 1.84. The fourth-order valence-corrected chi connectivity index (χ4v) is 1.39. The molecule has 0 N–H and O–H groups in total. The molecule has 2 nitrogen and oxygen atoms in total. The highest BCUT2D eigenvalue weighted by atomic mass is 127. The molecule has 0 aromatic carbocycles. The van der Waals surface area contributed by atoms with Crippen LogP contribution in [0.2, 0.25) is 0 Å². The van der Waals surface area contributed by atoms with Crippen LogP contribution >= 0.6 is 45.2 Å². The Balaban J connectivity index is 3.03. The largest absolute Gasteiger partial charge is 0.289 e. The third kappa shape index (κ3) is 1.66. The quantitative estimate of drug-likeness (QED) is 0.488. The van der Waals surface area contributed by atoms with Crippen LogP contribution in [-0.4, -0.2) is 11.6 Å². The van der Waals surface area contributed by atoms with E-state index < -0.39 is 0 Å². The van der Waals surface area contributed by atoms with Crippen molar-refractivity contribution in [1.29, 1.82) is 0 Å². The van der Waals surface area contributed by atoms with Crippen LogP contribution in [0.3, 0.4) is 0 Å². The van der Waals surface area contributed by atoms with Gasteiger partial charge in [0.1, 0.15) is 0 Å². The number of carbonyl (C=O) groups excluding carboxylic acids is 2. The van der Waals surface area contributed by atoms with Crippen LogP contribution in [0.25, 0.3) is 0 Å². The summed E-state index contributed by atoms with van der Waals surface area (Å²) >= 11 is 3.70. The number of rotatable bonds is 0. The van der Waals surface area contributed by atoms with E-state index in [1.165, 1.54) is 12.2 Å². The van der Waals surface area contributed by atoms with Gasteiger partial charge in [0.15, 0.2) is 11.6 Å². The lowest BCUT2D eigenvalue weighted by molar-refractivity contribution is -0.114. The molecule has 52 valence electrons. The van der Waals surface area contributed by atoms with Gasteiger partial charge >= 0.3 is 0 Å². The minimum Gasteiger partial charge on any atom is -0.289 e. The first-order valence-electron chi connectivity index (χ1n) is 2.44. The summed E-state index contributed by atoms with van der Waals surface area (Å²) in [7, 11) is 0. The first kappa shape index (κ1) is 8.38. The summed E-state index contributed by atoms with van der Waals surface area (Å²) in [5, 5.41) is 0. The van der Waals surface area contributed by atoms with Gasteiger partial charge in [0.25, 0.3) is 0 Å². The van der Waals surface area contributed by atoms with E-state index in [-0.39, 0.29) is 11.6 Å². The van der Waals surface area contributed by atoms with Crippen LogP contribution in [0.5, 0.6) is 0 Å². The molecule has 0 spiro atoms. The Labute approximate surface area is 85.0 Å². The number of carbonyl (C=O) groups is 2. The molecule has 0 aliphatic heterocycles. The summed E-state index contributed by atoms with van der Waals surface area (Å²) in [6.45, 7) is 0. The number of hydrogen-bond acceptors (Lipinski definition) is 2. The van der Waals surface area contributed by atoms with E-state index in [9.17, 15) is 9.59 Å². The van der Waals surface area contributed by atoms with E-state index in [1.807, 2.05) is 45.2 Å². The standard InChI is InChI=1S/C6H2I2O2/c7-3-1-5(9)4(8)2-6(3)10/h1-2H. The second-order valence-corrected chi connectivity index (χ2v) is 4.04. The summed E-state index contributed by atoms with van der Waals surface area (Å²) in [6.07, 6.45) is 2.70. The van der Waals surface area contributed by atoms with Gasteiger partial charge in [-0.2, -0.15) is 0 Å². The molecule has 1 aliphatic carbocycles. The molecular formula is C6H2I2O2. The first-order valence-corrected chi connectivity index (χ1v) is 4.60. The molecule has 0 aromatic heterocycles. The van der Waals surface area contributed by atoms with Gasteiger partial charge in [-0.3, -0.25) is 9.59 Å². The fraction of sp³-hybridized carbons (Fsp3) is 0. The van der Waals surface area contributed by atoms with Crippen molar-refractivity contribution in [2.45, 2.75) is 0 Å². The van der Waals surface area contributed by atoms with Crippen LogP contribution in [0, 0.1) is 0 Å². The number of ketones is 2. The lowest BCUT2D eigenvalue weighted by atomic mass is 10.2. The smallest absolute Gasteiger partial charge is 0.193 e. The van der Waals surface area contributed by atoms with Gasteiger partial charge in [-0.25, -0.2) is 0 Å². The molecule has 0 radical (unpaired) electrons. The lowest BCUT2D eigenvalue weighted by Crippen LogP contribution is -2.05. The molecule has 0 amide bonds. The van der Waals surface area contributed by atoms with Gasteiger partial charge in [0, 0.05) is 12.2 Å². The Bertz CT molecular complexity index is 235. The van der Waals surface area contributed by atoms with Crippen molar-refractivity contribution in [2.75, 3.05) is 0 Å². The molecule has 10 heavy (non-hydrogen) atoms. The molecule has 0 heterocycles. The molecular weight excluding hydrogens is 358 g/mol. The highest BCUT2D eigenvalue weighted by Gasteiger charge is 2.15. The minimum absolute atomic E-state index is 0.0791. The molecule has 0 saturated carbocycles. The predicted molar refractivity (Wildman–Crippen MR) is 54.2 cm³/mol. The van der Waals surface area contributed by atoms with E-state index in [0.29, 0.717) is 7.16 Å².